The van der Waals surface area contributed by atoms with Crippen LogP contribution in [0.3, 0.4) is 0 Å². The van der Waals surface area contributed by atoms with Crippen molar-refractivity contribution in [3.8, 4) is 0 Å². The first kappa shape index (κ1) is 95.1. The Kier molecular flexibility index (Phi) is 68.4. The first-order valence-corrected chi connectivity index (χ1v) is 43.5. The lowest BCUT2D eigenvalue weighted by atomic mass is 10.0. The van der Waals surface area contributed by atoms with E-state index in [9.17, 15) is 43.2 Å². The summed E-state index contributed by atoms with van der Waals surface area (Å²) in [6.07, 6.45) is 58.2. The molecular weight excluding hydrogens is 1270 g/mol. The third-order valence-corrected chi connectivity index (χ3v) is 20.1. The number of rotatable bonds is 77. The molecule has 0 bridgehead atoms. The third-order valence-electron chi connectivity index (χ3n) is 18.2. The van der Waals surface area contributed by atoms with Crippen LogP contribution in [-0.4, -0.2) is 96.7 Å². The Morgan fingerprint density at radius 1 is 0.278 bits per heavy atom. The van der Waals surface area contributed by atoms with Gasteiger partial charge in [-0.05, 0) is 37.5 Å². The molecule has 0 heterocycles. The Labute approximate surface area is 594 Å². The van der Waals surface area contributed by atoms with Crippen molar-refractivity contribution in [3.63, 3.8) is 0 Å². The number of aliphatic hydroxyl groups excluding tert-OH is 1. The average Bonchev–Trinajstić information content (AvgIpc) is 1.48. The molecule has 0 aliphatic heterocycles. The molecule has 0 aromatic carbocycles. The summed E-state index contributed by atoms with van der Waals surface area (Å²) in [6, 6.07) is 0. The smallest absolute Gasteiger partial charge is 0.462 e. The van der Waals surface area contributed by atoms with Crippen LogP contribution in [0.15, 0.2) is 0 Å². The lowest BCUT2D eigenvalue weighted by molar-refractivity contribution is -0.161. The molecule has 0 saturated carbocycles. The maximum absolute atomic E-state index is 13.1. The van der Waals surface area contributed by atoms with Gasteiger partial charge in [0.2, 0.25) is 0 Å². The predicted molar refractivity (Wildman–Crippen MR) is 395 cm³/mol. The van der Waals surface area contributed by atoms with Crippen LogP contribution in [0.25, 0.3) is 0 Å². The Bertz CT molecular complexity index is 1870. The maximum atomic E-state index is 13.1. The van der Waals surface area contributed by atoms with Crippen LogP contribution in [0, 0.1) is 11.8 Å². The van der Waals surface area contributed by atoms with Crippen molar-refractivity contribution in [3.05, 3.63) is 0 Å². The second kappa shape index (κ2) is 69.8. The molecule has 0 aromatic rings. The van der Waals surface area contributed by atoms with Crippen LogP contribution >= 0.6 is 15.6 Å². The van der Waals surface area contributed by atoms with Gasteiger partial charge >= 0.3 is 39.5 Å². The molecule has 0 aliphatic rings. The number of unbranched alkanes of at least 4 members (excludes halogenated alkanes) is 47. The fourth-order valence-electron chi connectivity index (χ4n) is 12.0. The van der Waals surface area contributed by atoms with Crippen LogP contribution in [0.2, 0.25) is 0 Å². The van der Waals surface area contributed by atoms with Crippen molar-refractivity contribution in [1.82, 2.24) is 0 Å². The summed E-state index contributed by atoms with van der Waals surface area (Å²) in [5, 5.41) is 10.6. The molecule has 19 heteroatoms. The van der Waals surface area contributed by atoms with Gasteiger partial charge < -0.3 is 33.8 Å². The molecule has 2 unspecified atom stereocenters. The second-order valence-electron chi connectivity index (χ2n) is 29.1. The first-order chi connectivity index (χ1) is 46.9. The zero-order valence-corrected chi connectivity index (χ0v) is 65.2. The molecule has 97 heavy (non-hydrogen) atoms. The zero-order chi connectivity index (χ0) is 71.4. The normalized spacial score (nSPS) is 14.0. The van der Waals surface area contributed by atoms with E-state index in [1.165, 1.54) is 225 Å². The van der Waals surface area contributed by atoms with E-state index >= 15 is 0 Å². The molecule has 3 N–H and O–H groups in total. The summed E-state index contributed by atoms with van der Waals surface area (Å²) >= 11 is 0. The van der Waals surface area contributed by atoms with E-state index < -0.39 is 97.5 Å². The monoisotopic (exact) mass is 1420 g/mol. The fourth-order valence-corrected chi connectivity index (χ4v) is 13.6. The fraction of sp³-hybridized carbons (Fsp3) is 0.949. The number of carbonyl (C=O) groups is 4. The number of aliphatic hydroxyl groups is 1. The van der Waals surface area contributed by atoms with Gasteiger partial charge in [-0.3, -0.25) is 37.3 Å². The lowest BCUT2D eigenvalue weighted by Crippen LogP contribution is -2.30. The van der Waals surface area contributed by atoms with Gasteiger partial charge in [0, 0.05) is 25.7 Å². The number of ether oxygens (including phenoxy) is 4. The highest BCUT2D eigenvalue weighted by atomic mass is 31.2. The summed E-state index contributed by atoms with van der Waals surface area (Å²) in [4.78, 5) is 72.9. The molecule has 0 saturated heterocycles. The van der Waals surface area contributed by atoms with E-state index in [1.54, 1.807) is 0 Å². The van der Waals surface area contributed by atoms with E-state index in [0.29, 0.717) is 25.7 Å². The molecule has 576 valence electrons. The van der Waals surface area contributed by atoms with E-state index in [4.69, 9.17) is 37.0 Å². The van der Waals surface area contributed by atoms with Crippen LogP contribution < -0.4 is 0 Å². The van der Waals surface area contributed by atoms with Gasteiger partial charge in [0.15, 0.2) is 12.2 Å². The molecule has 0 spiro atoms. The van der Waals surface area contributed by atoms with Crippen LogP contribution in [0.1, 0.15) is 408 Å². The van der Waals surface area contributed by atoms with Gasteiger partial charge in [-0.15, -0.1) is 0 Å². The highest BCUT2D eigenvalue weighted by Gasteiger charge is 2.30. The number of hydrogen-bond acceptors (Lipinski definition) is 15. The van der Waals surface area contributed by atoms with Gasteiger partial charge in [-0.25, -0.2) is 9.13 Å². The summed E-state index contributed by atoms with van der Waals surface area (Å²) in [5.74, 6) is -0.582. The van der Waals surface area contributed by atoms with Gasteiger partial charge in [-0.2, -0.15) is 0 Å². The summed E-state index contributed by atoms with van der Waals surface area (Å²) < 4.78 is 68.6. The number of phosphoric acid groups is 2. The number of esters is 4. The van der Waals surface area contributed by atoms with Crippen molar-refractivity contribution < 1.29 is 80.2 Å². The average molecular weight is 1420 g/mol. The third kappa shape index (κ3) is 72.2. The minimum absolute atomic E-state index is 0.107. The topological polar surface area (TPSA) is 237 Å². The van der Waals surface area contributed by atoms with Crippen molar-refractivity contribution in [2.75, 3.05) is 39.6 Å². The quantitative estimate of drug-likeness (QED) is 0.0222. The summed E-state index contributed by atoms with van der Waals surface area (Å²) in [5.41, 5.74) is 0. The van der Waals surface area contributed by atoms with Crippen molar-refractivity contribution in [2.45, 2.75) is 426 Å². The van der Waals surface area contributed by atoms with Gasteiger partial charge in [0.05, 0.1) is 26.4 Å². The Morgan fingerprint density at radius 2 is 0.474 bits per heavy atom. The van der Waals surface area contributed by atoms with E-state index in [2.05, 4.69) is 41.5 Å². The molecule has 17 nitrogen and oxygen atoms in total. The highest BCUT2D eigenvalue weighted by Crippen LogP contribution is 2.45. The number of carbonyl (C=O) groups excluding carboxylic acids is 4. The molecule has 0 radical (unpaired) electrons. The second-order valence-corrected chi connectivity index (χ2v) is 32.0. The SMILES string of the molecule is CCCCCCCCCCCCCCCCCC(=O)OC[C@H](COP(=O)(O)OC[C@@H](O)COP(=O)(O)OC[C@@H](COC(=O)CCCCCCCCCCC(C)C)OC(=O)CCCCCCCCCCCCCCC)OC(=O)CCCCCCCCCCCCCCCCCC(C)C. The molecule has 0 aromatic heterocycles. The molecule has 0 aliphatic carbocycles. The lowest BCUT2D eigenvalue weighted by Gasteiger charge is -2.21. The van der Waals surface area contributed by atoms with E-state index in [0.717, 1.165) is 102 Å². The summed E-state index contributed by atoms with van der Waals surface area (Å²) in [7, 11) is -9.91. The Balaban J connectivity index is 5.25. The van der Waals surface area contributed by atoms with Crippen molar-refractivity contribution >= 4 is 39.5 Å². The number of hydrogen-bond donors (Lipinski definition) is 3. The van der Waals surface area contributed by atoms with Crippen LogP contribution in [0.5, 0.6) is 0 Å². The van der Waals surface area contributed by atoms with Gasteiger partial charge in [0.1, 0.15) is 19.3 Å². The Hall–Kier alpha value is -1.94. The molecule has 0 rings (SSSR count). The molecular formula is C78H152O17P2. The minimum atomic E-state index is -4.96. The first-order valence-electron chi connectivity index (χ1n) is 40.5. The predicted octanol–water partition coefficient (Wildman–Crippen LogP) is 23.1. The van der Waals surface area contributed by atoms with Crippen LogP contribution in [-0.2, 0) is 65.4 Å². The summed E-state index contributed by atoms with van der Waals surface area (Å²) in [6.45, 7) is 9.61. The van der Waals surface area contributed by atoms with E-state index in [1.807, 2.05) is 0 Å². The standard InChI is InChI=1S/C78H152O17P2/c1-7-9-11-13-15-17-19-21-23-28-31-35-42-48-54-60-75(80)88-66-73(94-78(83)63-57-51-45-37-33-29-25-22-24-27-30-34-40-46-52-58-70(3)4)68-92-96(84,85)90-64-72(79)65-91-97(86,87)93-69-74(67-89-76(81)61-55-49-43-39-38-41-47-53-59-71(5)6)95-77(82)62-56-50-44-36-32-26-20-18-16-14-12-10-8-2/h70-74,79H,7-69H2,1-6H3,(H,84,85)(H,86,87)/t72-,73-,74-/m1/s1. The molecule has 0 amide bonds. The van der Waals surface area contributed by atoms with Crippen molar-refractivity contribution in [1.29, 1.82) is 0 Å². The van der Waals surface area contributed by atoms with Crippen molar-refractivity contribution in [2.24, 2.45) is 11.8 Å². The minimum Gasteiger partial charge on any atom is -0.462 e. The zero-order valence-electron chi connectivity index (χ0n) is 63.4. The molecule has 0 fully saturated rings. The number of phosphoric ester groups is 2. The van der Waals surface area contributed by atoms with Gasteiger partial charge in [0.25, 0.3) is 0 Å². The molecule has 5 atom stereocenters. The van der Waals surface area contributed by atoms with Gasteiger partial charge in [-0.1, -0.05) is 356 Å². The van der Waals surface area contributed by atoms with Crippen LogP contribution in [0.4, 0.5) is 0 Å². The highest BCUT2D eigenvalue weighted by molar-refractivity contribution is 7.47. The Morgan fingerprint density at radius 3 is 0.701 bits per heavy atom. The van der Waals surface area contributed by atoms with E-state index in [-0.39, 0.29) is 25.7 Å². The maximum Gasteiger partial charge on any atom is 0.472 e. The largest absolute Gasteiger partial charge is 0.472 e.